The van der Waals surface area contributed by atoms with E-state index in [-0.39, 0.29) is 17.4 Å². The number of nitrogens with zero attached hydrogens (tertiary/aromatic N) is 1. The number of thiazole rings is 1. The van der Waals surface area contributed by atoms with Gasteiger partial charge in [0.05, 0.1) is 10.7 Å². The van der Waals surface area contributed by atoms with E-state index in [1.54, 1.807) is 6.92 Å². The van der Waals surface area contributed by atoms with E-state index in [1.165, 1.54) is 33.6 Å². The number of carbonyl (C=O) groups excluding carboxylic acids is 1. The minimum Gasteiger partial charge on any atom is -0.477 e. The molecule has 2 N–H and O–H groups in total. The molecule has 0 fully saturated rings. The monoisotopic (exact) mass is 422 g/mol. The van der Waals surface area contributed by atoms with Gasteiger partial charge in [-0.15, -0.1) is 11.3 Å². The normalized spacial score (nSPS) is 12.3. The summed E-state index contributed by atoms with van der Waals surface area (Å²) in [5.74, 6) is -0.913. The van der Waals surface area contributed by atoms with Crippen molar-refractivity contribution in [2.45, 2.75) is 25.7 Å². The van der Waals surface area contributed by atoms with Gasteiger partial charge >= 0.3 is 12.1 Å². The average Bonchev–Trinajstić information content (AvgIpc) is 3.27. The molecule has 0 saturated carbocycles. The van der Waals surface area contributed by atoms with Gasteiger partial charge in [-0.05, 0) is 35.6 Å². The highest BCUT2D eigenvalue weighted by molar-refractivity contribution is 7.13. The number of carboxylic acid groups (broad SMARTS) is 1. The Labute approximate surface area is 178 Å². The van der Waals surface area contributed by atoms with Gasteiger partial charge < -0.3 is 15.2 Å². The van der Waals surface area contributed by atoms with Gasteiger partial charge in [0.25, 0.3) is 0 Å². The SMILES string of the molecule is Cc1nc(CCCNC(=O)OCC2c3ccccc3-c3ccccc32)sc1C(=O)O. The van der Waals surface area contributed by atoms with E-state index in [4.69, 9.17) is 9.84 Å². The zero-order valence-electron chi connectivity index (χ0n) is 16.6. The minimum absolute atomic E-state index is 0.0379. The van der Waals surface area contributed by atoms with Crippen molar-refractivity contribution in [1.82, 2.24) is 10.3 Å². The van der Waals surface area contributed by atoms with Gasteiger partial charge in [0, 0.05) is 18.9 Å². The molecule has 3 aromatic rings. The van der Waals surface area contributed by atoms with Crippen molar-refractivity contribution < 1.29 is 19.4 Å². The summed E-state index contributed by atoms with van der Waals surface area (Å²) in [4.78, 5) is 27.8. The Morgan fingerprint density at radius 1 is 1.10 bits per heavy atom. The first-order valence-electron chi connectivity index (χ1n) is 9.83. The van der Waals surface area contributed by atoms with Crippen LogP contribution in [0.1, 0.15) is 43.8 Å². The average molecular weight is 423 g/mol. The lowest BCUT2D eigenvalue weighted by molar-refractivity contribution is 0.0701. The Morgan fingerprint density at radius 2 is 1.73 bits per heavy atom. The first kappa shape index (κ1) is 20.1. The summed E-state index contributed by atoms with van der Waals surface area (Å²) in [6, 6.07) is 16.4. The van der Waals surface area contributed by atoms with Crippen LogP contribution < -0.4 is 5.32 Å². The molecule has 2 aromatic carbocycles. The lowest BCUT2D eigenvalue weighted by Crippen LogP contribution is -2.27. The van der Waals surface area contributed by atoms with E-state index < -0.39 is 12.1 Å². The molecule has 1 aromatic heterocycles. The summed E-state index contributed by atoms with van der Waals surface area (Å²) in [6.45, 7) is 2.42. The third-order valence-electron chi connectivity index (χ3n) is 5.22. The van der Waals surface area contributed by atoms with Gasteiger partial charge in [-0.3, -0.25) is 0 Å². The van der Waals surface area contributed by atoms with Crippen LogP contribution >= 0.6 is 11.3 Å². The van der Waals surface area contributed by atoms with Crippen LogP contribution in [0.3, 0.4) is 0 Å². The molecule has 4 rings (SSSR count). The van der Waals surface area contributed by atoms with Gasteiger partial charge in [0.1, 0.15) is 11.5 Å². The molecule has 0 saturated heterocycles. The van der Waals surface area contributed by atoms with E-state index in [2.05, 4.69) is 34.6 Å². The second-order valence-electron chi connectivity index (χ2n) is 7.18. The first-order valence-corrected chi connectivity index (χ1v) is 10.6. The number of aromatic nitrogens is 1. The molecule has 0 atom stereocenters. The van der Waals surface area contributed by atoms with Gasteiger partial charge in [-0.1, -0.05) is 48.5 Å². The first-order chi connectivity index (χ1) is 14.5. The van der Waals surface area contributed by atoms with E-state index in [0.29, 0.717) is 25.1 Å². The van der Waals surface area contributed by atoms with Crippen LogP contribution in [0.2, 0.25) is 0 Å². The minimum atomic E-state index is -0.951. The Morgan fingerprint density at radius 3 is 2.33 bits per heavy atom. The standard InChI is InChI=1S/C23H22N2O4S/c1-14-21(22(26)27)30-20(25-14)11-6-12-24-23(28)29-13-19-17-9-4-2-7-15(17)16-8-3-5-10-18(16)19/h2-5,7-10,19H,6,11-13H2,1H3,(H,24,28)(H,26,27). The number of hydrogen-bond acceptors (Lipinski definition) is 5. The lowest BCUT2D eigenvalue weighted by Gasteiger charge is -2.14. The van der Waals surface area contributed by atoms with E-state index in [1.807, 2.05) is 24.3 Å². The van der Waals surface area contributed by atoms with Gasteiger partial charge in [0.15, 0.2) is 0 Å². The van der Waals surface area contributed by atoms with Crippen LogP contribution in [0.4, 0.5) is 4.79 Å². The molecular weight excluding hydrogens is 400 g/mol. The number of benzene rings is 2. The number of carbonyl (C=O) groups is 2. The summed E-state index contributed by atoms with van der Waals surface area (Å²) in [5, 5.41) is 12.6. The van der Waals surface area contributed by atoms with Crippen molar-refractivity contribution >= 4 is 23.4 Å². The van der Waals surface area contributed by atoms with Crippen LogP contribution in [0.25, 0.3) is 11.1 Å². The van der Waals surface area contributed by atoms with Crippen LogP contribution in [0.5, 0.6) is 0 Å². The predicted molar refractivity (Wildman–Crippen MR) is 115 cm³/mol. The Bertz CT molecular complexity index is 1050. The molecule has 6 nitrogen and oxygen atoms in total. The Hall–Kier alpha value is -3.19. The topological polar surface area (TPSA) is 88.5 Å². The van der Waals surface area contributed by atoms with Crippen molar-refractivity contribution in [3.8, 4) is 11.1 Å². The quantitative estimate of drug-likeness (QED) is 0.543. The maximum absolute atomic E-state index is 12.2. The molecule has 1 aliphatic rings. The molecular formula is C23H22N2O4S. The highest BCUT2D eigenvalue weighted by Gasteiger charge is 2.28. The highest BCUT2D eigenvalue weighted by Crippen LogP contribution is 2.44. The summed E-state index contributed by atoms with van der Waals surface area (Å²) in [6.07, 6.45) is 0.831. The van der Waals surface area contributed by atoms with Crippen molar-refractivity contribution in [1.29, 1.82) is 0 Å². The number of nitrogens with one attached hydrogen (secondary N) is 1. The summed E-state index contributed by atoms with van der Waals surface area (Å²) in [5.41, 5.74) is 5.29. The molecule has 0 aliphatic heterocycles. The second-order valence-corrected chi connectivity index (χ2v) is 8.27. The lowest BCUT2D eigenvalue weighted by atomic mass is 9.98. The number of aryl methyl sites for hydroxylation is 2. The molecule has 0 spiro atoms. The smallest absolute Gasteiger partial charge is 0.407 e. The van der Waals surface area contributed by atoms with Crippen LogP contribution in [-0.4, -0.2) is 35.3 Å². The number of hydrogen-bond donors (Lipinski definition) is 2. The molecule has 7 heteroatoms. The maximum atomic E-state index is 12.2. The fraction of sp³-hybridized carbons (Fsp3) is 0.261. The Kier molecular flexibility index (Phi) is 5.81. The summed E-state index contributed by atoms with van der Waals surface area (Å²) in [7, 11) is 0. The Balaban J connectivity index is 1.27. The molecule has 154 valence electrons. The number of rotatable bonds is 7. The number of amides is 1. The molecule has 0 radical (unpaired) electrons. The third kappa shape index (κ3) is 4.07. The fourth-order valence-electron chi connectivity index (χ4n) is 3.84. The fourth-order valence-corrected chi connectivity index (χ4v) is 4.78. The van der Waals surface area contributed by atoms with Crippen LogP contribution in [-0.2, 0) is 11.2 Å². The van der Waals surface area contributed by atoms with Gasteiger partial charge in [0.2, 0.25) is 0 Å². The van der Waals surface area contributed by atoms with Crippen molar-refractivity contribution in [3.05, 3.63) is 75.2 Å². The second kappa shape index (κ2) is 8.67. The highest BCUT2D eigenvalue weighted by atomic mass is 32.1. The number of ether oxygens (including phenoxy) is 1. The van der Waals surface area contributed by atoms with Crippen LogP contribution in [0, 0.1) is 6.92 Å². The predicted octanol–water partition coefficient (Wildman–Crippen LogP) is 4.62. The number of aromatic carboxylic acids is 1. The molecule has 1 amide bonds. The number of fused-ring (bicyclic) bond motifs is 3. The van der Waals surface area contributed by atoms with Crippen molar-refractivity contribution in [2.24, 2.45) is 0 Å². The molecule has 0 unspecified atom stereocenters. The van der Waals surface area contributed by atoms with E-state index in [9.17, 15) is 9.59 Å². The summed E-state index contributed by atoms with van der Waals surface area (Å²) < 4.78 is 5.51. The molecule has 0 bridgehead atoms. The third-order valence-corrected chi connectivity index (χ3v) is 6.42. The zero-order valence-corrected chi connectivity index (χ0v) is 17.4. The largest absolute Gasteiger partial charge is 0.477 e. The maximum Gasteiger partial charge on any atom is 0.407 e. The van der Waals surface area contributed by atoms with Crippen molar-refractivity contribution in [2.75, 3.05) is 13.2 Å². The van der Waals surface area contributed by atoms with Crippen LogP contribution in [0.15, 0.2) is 48.5 Å². The number of alkyl carbamates (subject to hydrolysis) is 1. The summed E-state index contributed by atoms with van der Waals surface area (Å²) >= 11 is 1.19. The number of carboxylic acids is 1. The van der Waals surface area contributed by atoms with E-state index in [0.717, 1.165) is 5.01 Å². The van der Waals surface area contributed by atoms with Gasteiger partial charge in [-0.25, -0.2) is 14.6 Å². The van der Waals surface area contributed by atoms with E-state index >= 15 is 0 Å². The van der Waals surface area contributed by atoms with Crippen molar-refractivity contribution in [3.63, 3.8) is 0 Å². The zero-order chi connectivity index (χ0) is 21.1. The van der Waals surface area contributed by atoms with Gasteiger partial charge in [-0.2, -0.15) is 0 Å². The molecule has 1 aliphatic carbocycles. The molecule has 30 heavy (non-hydrogen) atoms. The molecule has 1 heterocycles.